The molecule has 0 saturated carbocycles. The molecule has 4 nitrogen and oxygen atoms in total. The van der Waals surface area contributed by atoms with Crippen LogP contribution in [0.1, 0.15) is 45.4 Å². The first-order chi connectivity index (χ1) is 7.70. The summed E-state index contributed by atoms with van der Waals surface area (Å²) in [6.45, 7) is 2.06. The fraction of sp³-hybridized carbons (Fsp3) is 0.833. The van der Waals surface area contributed by atoms with E-state index in [1.54, 1.807) is 0 Å². The van der Waals surface area contributed by atoms with Gasteiger partial charge in [0.1, 0.15) is 0 Å². The Bertz CT molecular complexity index is 273. The van der Waals surface area contributed by atoms with E-state index in [1.165, 1.54) is 7.11 Å². The maximum absolute atomic E-state index is 11.7. The number of hydrogen-bond acceptors (Lipinski definition) is 3. The second kappa shape index (κ2) is 6.37. The zero-order chi connectivity index (χ0) is 12.0. The zero-order valence-electron chi connectivity index (χ0n) is 10.1. The second-order valence-corrected chi connectivity index (χ2v) is 4.36. The van der Waals surface area contributed by atoms with Crippen molar-refractivity contribution in [2.24, 2.45) is 0 Å². The number of amides is 1. The molecular formula is C12H20N2O2. The predicted molar refractivity (Wildman–Crippen MR) is 60.8 cm³/mol. The highest BCUT2D eigenvalue weighted by Gasteiger charge is 2.31. The van der Waals surface area contributed by atoms with Crippen LogP contribution in [0.4, 0.5) is 4.79 Å². The van der Waals surface area contributed by atoms with Gasteiger partial charge in [-0.3, -0.25) is 0 Å². The van der Waals surface area contributed by atoms with Gasteiger partial charge < -0.3 is 9.64 Å². The molecule has 2 atom stereocenters. The molecular weight excluding hydrogens is 204 g/mol. The van der Waals surface area contributed by atoms with Gasteiger partial charge in [-0.15, -0.1) is 0 Å². The van der Waals surface area contributed by atoms with Gasteiger partial charge in [0, 0.05) is 18.5 Å². The molecule has 1 rings (SSSR count). The van der Waals surface area contributed by atoms with Crippen LogP contribution in [-0.2, 0) is 4.74 Å². The number of rotatable bonds is 3. The molecule has 0 aliphatic carbocycles. The number of ether oxygens (including phenoxy) is 1. The summed E-state index contributed by atoms with van der Waals surface area (Å²) in [4.78, 5) is 13.5. The molecule has 0 aromatic heterocycles. The van der Waals surface area contributed by atoms with Crippen molar-refractivity contribution < 1.29 is 9.53 Å². The summed E-state index contributed by atoms with van der Waals surface area (Å²) in [5.74, 6) is 0. The van der Waals surface area contributed by atoms with E-state index < -0.39 is 0 Å². The molecule has 4 heteroatoms. The van der Waals surface area contributed by atoms with Crippen molar-refractivity contribution in [3.63, 3.8) is 0 Å². The van der Waals surface area contributed by atoms with Crippen LogP contribution >= 0.6 is 0 Å². The average molecular weight is 224 g/mol. The van der Waals surface area contributed by atoms with Crippen molar-refractivity contribution in [2.45, 2.75) is 57.5 Å². The number of nitrogens with zero attached hydrogens (tertiary/aromatic N) is 2. The summed E-state index contributed by atoms with van der Waals surface area (Å²) in [6, 6.07) is 2.65. The highest BCUT2D eigenvalue weighted by atomic mass is 16.5. The van der Waals surface area contributed by atoms with E-state index in [-0.39, 0.29) is 18.2 Å². The van der Waals surface area contributed by atoms with E-state index in [4.69, 9.17) is 10.00 Å². The van der Waals surface area contributed by atoms with Crippen LogP contribution in [0.2, 0.25) is 0 Å². The number of carbonyl (C=O) groups excluding carboxylic acids is 1. The minimum atomic E-state index is -0.228. The first-order valence-corrected chi connectivity index (χ1v) is 5.94. The lowest BCUT2D eigenvalue weighted by Crippen LogP contribution is -2.48. The van der Waals surface area contributed by atoms with Crippen molar-refractivity contribution in [3.05, 3.63) is 0 Å². The summed E-state index contributed by atoms with van der Waals surface area (Å²) in [5.41, 5.74) is 0. The summed E-state index contributed by atoms with van der Waals surface area (Å²) < 4.78 is 4.82. The van der Waals surface area contributed by atoms with Gasteiger partial charge in [0.05, 0.1) is 13.2 Å². The fourth-order valence-corrected chi connectivity index (χ4v) is 2.42. The fourth-order valence-electron chi connectivity index (χ4n) is 2.42. The topological polar surface area (TPSA) is 53.3 Å². The summed E-state index contributed by atoms with van der Waals surface area (Å²) in [7, 11) is 1.43. The number of likely N-dealkylation sites (tertiary alicyclic amines) is 1. The summed E-state index contributed by atoms with van der Waals surface area (Å²) in [5, 5.41) is 8.51. The van der Waals surface area contributed by atoms with Gasteiger partial charge in [-0.1, -0.05) is 0 Å². The Morgan fingerprint density at radius 1 is 1.56 bits per heavy atom. The first-order valence-electron chi connectivity index (χ1n) is 5.94. The zero-order valence-corrected chi connectivity index (χ0v) is 10.1. The largest absolute Gasteiger partial charge is 0.453 e. The Hall–Kier alpha value is -1.24. The normalized spacial score (nSPS) is 24.9. The number of carbonyl (C=O) groups is 1. The predicted octanol–water partition coefficient (Wildman–Crippen LogP) is 2.69. The van der Waals surface area contributed by atoms with E-state index in [2.05, 4.69) is 13.0 Å². The number of nitriles is 1. The van der Waals surface area contributed by atoms with Gasteiger partial charge in [0.15, 0.2) is 0 Å². The minimum absolute atomic E-state index is 0.228. The summed E-state index contributed by atoms with van der Waals surface area (Å²) >= 11 is 0. The molecule has 90 valence electrons. The van der Waals surface area contributed by atoms with E-state index >= 15 is 0 Å². The quantitative estimate of drug-likeness (QED) is 0.692. The Labute approximate surface area is 97.2 Å². The third kappa shape index (κ3) is 3.13. The van der Waals surface area contributed by atoms with Crippen LogP contribution < -0.4 is 0 Å². The van der Waals surface area contributed by atoms with Gasteiger partial charge in [0.2, 0.25) is 0 Å². The molecule has 1 aliphatic heterocycles. The van der Waals surface area contributed by atoms with Crippen molar-refractivity contribution in [1.82, 2.24) is 4.90 Å². The lowest BCUT2D eigenvalue weighted by Gasteiger charge is -2.39. The van der Waals surface area contributed by atoms with Crippen molar-refractivity contribution in [1.29, 1.82) is 5.26 Å². The Balaban J connectivity index is 2.56. The molecule has 1 saturated heterocycles. The van der Waals surface area contributed by atoms with Crippen LogP contribution in [0.25, 0.3) is 0 Å². The SMILES string of the molecule is COC(=O)N1C(C)CCCC1CCCC#N. The van der Waals surface area contributed by atoms with E-state index in [0.29, 0.717) is 6.42 Å². The molecule has 1 aliphatic rings. The lowest BCUT2D eigenvalue weighted by atomic mass is 9.93. The Kier molecular flexibility index (Phi) is 5.10. The third-order valence-corrected chi connectivity index (χ3v) is 3.24. The molecule has 0 radical (unpaired) electrons. The lowest BCUT2D eigenvalue weighted by molar-refractivity contribution is 0.0604. The number of hydrogen-bond donors (Lipinski definition) is 0. The van der Waals surface area contributed by atoms with Gasteiger partial charge in [-0.2, -0.15) is 5.26 Å². The van der Waals surface area contributed by atoms with Gasteiger partial charge in [-0.25, -0.2) is 4.79 Å². The first kappa shape index (κ1) is 12.8. The standard InChI is InChI=1S/C12H20N2O2/c1-10-6-5-8-11(7-3-4-9-13)14(10)12(15)16-2/h10-11H,3-8H2,1-2H3. The molecule has 1 amide bonds. The molecule has 0 aromatic rings. The number of methoxy groups -OCH3 is 1. The molecule has 0 bridgehead atoms. The van der Waals surface area contributed by atoms with Crippen molar-refractivity contribution in [3.8, 4) is 6.07 Å². The van der Waals surface area contributed by atoms with Crippen LogP contribution in [0, 0.1) is 11.3 Å². The van der Waals surface area contributed by atoms with Gasteiger partial charge >= 0.3 is 6.09 Å². The van der Waals surface area contributed by atoms with Crippen LogP contribution in [0.3, 0.4) is 0 Å². The van der Waals surface area contributed by atoms with Gasteiger partial charge in [0.25, 0.3) is 0 Å². The molecule has 0 spiro atoms. The maximum atomic E-state index is 11.7. The molecule has 0 aromatic carbocycles. The molecule has 0 N–H and O–H groups in total. The molecule has 1 heterocycles. The Morgan fingerprint density at radius 2 is 2.31 bits per heavy atom. The number of piperidine rings is 1. The molecule has 2 unspecified atom stereocenters. The monoisotopic (exact) mass is 224 g/mol. The van der Waals surface area contributed by atoms with Crippen LogP contribution in [0.5, 0.6) is 0 Å². The van der Waals surface area contributed by atoms with E-state index in [1.807, 2.05) is 4.90 Å². The van der Waals surface area contributed by atoms with Crippen LogP contribution in [0.15, 0.2) is 0 Å². The van der Waals surface area contributed by atoms with E-state index in [0.717, 1.165) is 32.1 Å². The van der Waals surface area contributed by atoms with E-state index in [9.17, 15) is 4.79 Å². The second-order valence-electron chi connectivity index (χ2n) is 4.36. The minimum Gasteiger partial charge on any atom is -0.453 e. The average Bonchev–Trinajstić information content (AvgIpc) is 2.29. The molecule has 1 fully saturated rings. The van der Waals surface area contributed by atoms with Crippen LogP contribution in [-0.4, -0.2) is 30.2 Å². The smallest absolute Gasteiger partial charge is 0.409 e. The number of unbranched alkanes of at least 4 members (excludes halogenated alkanes) is 1. The maximum Gasteiger partial charge on any atom is 0.409 e. The Morgan fingerprint density at radius 3 is 2.94 bits per heavy atom. The third-order valence-electron chi connectivity index (χ3n) is 3.24. The van der Waals surface area contributed by atoms with Crippen molar-refractivity contribution in [2.75, 3.05) is 7.11 Å². The molecule has 16 heavy (non-hydrogen) atoms. The van der Waals surface area contributed by atoms with Crippen molar-refractivity contribution >= 4 is 6.09 Å². The highest BCUT2D eigenvalue weighted by Crippen LogP contribution is 2.26. The highest BCUT2D eigenvalue weighted by molar-refractivity contribution is 5.68. The summed E-state index contributed by atoms with van der Waals surface area (Å²) in [6.07, 6.45) is 5.35. The van der Waals surface area contributed by atoms with Gasteiger partial charge in [-0.05, 0) is 39.0 Å².